The molecule has 1 aliphatic heterocycles. The Morgan fingerprint density at radius 1 is 1.07 bits per heavy atom. The lowest BCUT2D eigenvalue weighted by atomic mass is 10.0. The van der Waals surface area contributed by atoms with E-state index in [1.165, 1.54) is 25.3 Å². The number of ether oxygens (including phenoxy) is 1. The molecule has 29 heavy (non-hydrogen) atoms. The van der Waals surface area contributed by atoms with E-state index >= 15 is 0 Å². The molecule has 0 aliphatic carbocycles. The third-order valence-electron chi connectivity index (χ3n) is 4.23. The second-order valence-electron chi connectivity index (χ2n) is 6.11. The Labute approximate surface area is 174 Å². The molecule has 1 N–H and O–H groups in total. The van der Waals surface area contributed by atoms with Gasteiger partial charge < -0.3 is 10.1 Å². The maximum atomic E-state index is 12.8. The van der Waals surface area contributed by atoms with Gasteiger partial charge in [0.2, 0.25) is 5.78 Å². The minimum atomic E-state index is -1.13. The van der Waals surface area contributed by atoms with E-state index in [-0.39, 0.29) is 22.4 Å². The first kappa shape index (κ1) is 20.8. The molecule has 3 rings (SSSR count). The number of carbonyl (C=O) groups excluding carboxylic acids is 5. The number of carbonyl (C=O) groups is 5. The maximum Gasteiger partial charge on any atom is 0.328 e. The van der Waals surface area contributed by atoms with Crippen molar-refractivity contribution in [3.05, 3.63) is 64.2 Å². The molecule has 1 amide bonds. The molecule has 2 aromatic rings. The highest BCUT2D eigenvalue weighted by Gasteiger charge is 2.36. The highest BCUT2D eigenvalue weighted by atomic mass is 35.5. The number of Topliss-reactive ketones (excluding diaryl/α,β-unsaturated/α-hetero) is 2. The Morgan fingerprint density at radius 2 is 1.76 bits per heavy atom. The highest BCUT2D eigenvalue weighted by Crippen LogP contribution is 2.33. The number of thioether (sulfide) groups is 1. The molecule has 1 aliphatic rings. The summed E-state index contributed by atoms with van der Waals surface area (Å²) in [5.41, 5.74) is 0.747. The lowest BCUT2D eigenvalue weighted by Gasteiger charge is -2.19. The summed E-state index contributed by atoms with van der Waals surface area (Å²) >= 11 is 6.39. The minimum absolute atomic E-state index is 0.0143. The second kappa shape index (κ2) is 8.59. The average Bonchev–Trinajstić information content (AvgIpc) is 2.72. The van der Waals surface area contributed by atoms with E-state index in [9.17, 15) is 24.0 Å². The van der Waals surface area contributed by atoms with Gasteiger partial charge in [0.15, 0.2) is 0 Å². The van der Waals surface area contributed by atoms with Crippen LogP contribution in [0.3, 0.4) is 0 Å². The fourth-order valence-electron chi connectivity index (χ4n) is 2.79. The summed E-state index contributed by atoms with van der Waals surface area (Å²) in [6.45, 7) is 0. The molecule has 0 saturated carbocycles. The third kappa shape index (κ3) is 4.38. The molecule has 0 aromatic heterocycles. The van der Waals surface area contributed by atoms with Crippen LogP contribution in [-0.4, -0.2) is 41.7 Å². The number of methoxy groups -OCH3 is 1. The van der Waals surface area contributed by atoms with Crippen molar-refractivity contribution in [1.29, 1.82) is 0 Å². The Kier molecular flexibility index (Phi) is 6.14. The molecule has 0 bridgehead atoms. The smallest absolute Gasteiger partial charge is 0.328 e. The van der Waals surface area contributed by atoms with Crippen LogP contribution in [0.25, 0.3) is 0 Å². The van der Waals surface area contributed by atoms with E-state index in [2.05, 4.69) is 5.32 Å². The van der Waals surface area contributed by atoms with Gasteiger partial charge in [0.1, 0.15) is 6.04 Å². The van der Waals surface area contributed by atoms with Gasteiger partial charge in [-0.2, -0.15) is 0 Å². The van der Waals surface area contributed by atoms with Crippen LogP contribution in [0.2, 0.25) is 5.02 Å². The summed E-state index contributed by atoms with van der Waals surface area (Å²) in [6, 6.07) is 9.96. The lowest BCUT2D eigenvalue weighted by Crippen LogP contribution is -2.43. The van der Waals surface area contributed by atoms with Crippen LogP contribution in [0.5, 0.6) is 0 Å². The van der Waals surface area contributed by atoms with Crippen LogP contribution in [0.1, 0.15) is 26.3 Å². The molecule has 148 valence electrons. The number of halogens is 1. The molecule has 0 unspecified atom stereocenters. The first-order valence-corrected chi connectivity index (χ1v) is 9.58. The van der Waals surface area contributed by atoms with E-state index < -0.39 is 34.6 Å². The summed E-state index contributed by atoms with van der Waals surface area (Å²) in [5.74, 6) is -3.42. The predicted octanol–water partition coefficient (Wildman–Crippen LogP) is 2.24. The number of fused-ring (bicyclic) bond motifs is 1. The van der Waals surface area contributed by atoms with Gasteiger partial charge in [-0.15, -0.1) is 0 Å². The van der Waals surface area contributed by atoms with Crippen LogP contribution in [0.15, 0.2) is 47.4 Å². The average molecular weight is 432 g/mol. The van der Waals surface area contributed by atoms with E-state index in [1.54, 1.807) is 24.3 Å². The minimum Gasteiger partial charge on any atom is -0.467 e. The number of ketones is 2. The van der Waals surface area contributed by atoms with Gasteiger partial charge in [0.25, 0.3) is 16.8 Å². The molecule has 0 fully saturated rings. The van der Waals surface area contributed by atoms with Gasteiger partial charge in [0, 0.05) is 21.9 Å². The number of esters is 1. The summed E-state index contributed by atoms with van der Waals surface area (Å²) in [5, 5.41) is 2.15. The summed E-state index contributed by atoms with van der Waals surface area (Å²) in [7, 11) is 1.20. The highest BCUT2D eigenvalue weighted by molar-refractivity contribution is 8.16. The SMILES string of the molecule is COC(=O)[C@H](Cc1ccc(Cl)cc1)NC(=O)c1cccc2c1SC(=O)C(=O)C2=O. The van der Waals surface area contributed by atoms with E-state index in [1.807, 2.05) is 0 Å². The zero-order chi connectivity index (χ0) is 21.1. The van der Waals surface area contributed by atoms with Gasteiger partial charge in [0.05, 0.1) is 12.7 Å². The Morgan fingerprint density at radius 3 is 2.41 bits per heavy atom. The van der Waals surface area contributed by atoms with E-state index in [0.717, 1.165) is 5.56 Å². The molecule has 0 saturated heterocycles. The van der Waals surface area contributed by atoms with E-state index in [4.69, 9.17) is 16.3 Å². The van der Waals surface area contributed by atoms with Crippen molar-refractivity contribution >= 4 is 51.9 Å². The summed E-state index contributed by atoms with van der Waals surface area (Å²) in [6.07, 6.45) is 0.147. The van der Waals surface area contributed by atoms with Crippen LogP contribution >= 0.6 is 23.4 Å². The molecule has 0 radical (unpaired) electrons. The number of hydrogen-bond donors (Lipinski definition) is 1. The third-order valence-corrected chi connectivity index (χ3v) is 5.50. The molecular weight excluding hydrogens is 418 g/mol. The Balaban J connectivity index is 1.88. The first-order chi connectivity index (χ1) is 13.8. The quantitative estimate of drug-likeness (QED) is 0.571. The number of rotatable bonds is 5. The number of benzene rings is 2. The monoisotopic (exact) mass is 431 g/mol. The molecule has 1 atom stereocenters. The van der Waals surface area contributed by atoms with Crippen molar-refractivity contribution in [1.82, 2.24) is 5.32 Å². The second-order valence-corrected chi connectivity index (χ2v) is 7.53. The maximum absolute atomic E-state index is 12.8. The van der Waals surface area contributed by atoms with Crippen molar-refractivity contribution in [2.75, 3.05) is 7.11 Å². The van der Waals surface area contributed by atoms with Gasteiger partial charge in [-0.3, -0.25) is 19.2 Å². The normalized spacial score (nSPS) is 14.2. The molecule has 2 aromatic carbocycles. The molecule has 1 heterocycles. The first-order valence-electron chi connectivity index (χ1n) is 8.38. The van der Waals surface area contributed by atoms with Crippen molar-refractivity contribution in [3.8, 4) is 0 Å². The van der Waals surface area contributed by atoms with Crippen LogP contribution in [0, 0.1) is 0 Å². The van der Waals surface area contributed by atoms with Crippen LogP contribution in [-0.2, 0) is 25.5 Å². The van der Waals surface area contributed by atoms with Gasteiger partial charge in [-0.1, -0.05) is 29.8 Å². The Bertz CT molecular complexity index is 1030. The lowest BCUT2D eigenvalue weighted by molar-refractivity contribution is -0.142. The van der Waals surface area contributed by atoms with Crippen molar-refractivity contribution in [2.45, 2.75) is 17.4 Å². The van der Waals surface area contributed by atoms with Crippen molar-refractivity contribution < 1.29 is 28.7 Å². The molecule has 0 spiro atoms. The largest absolute Gasteiger partial charge is 0.467 e. The van der Waals surface area contributed by atoms with Crippen molar-refractivity contribution in [2.24, 2.45) is 0 Å². The predicted molar refractivity (Wildman–Crippen MR) is 105 cm³/mol. The molecular formula is C20H14ClNO6S. The zero-order valence-corrected chi connectivity index (χ0v) is 16.6. The van der Waals surface area contributed by atoms with Gasteiger partial charge >= 0.3 is 5.97 Å². The topological polar surface area (TPSA) is 107 Å². The zero-order valence-electron chi connectivity index (χ0n) is 15.1. The number of amides is 1. The van der Waals surface area contributed by atoms with Crippen molar-refractivity contribution in [3.63, 3.8) is 0 Å². The van der Waals surface area contributed by atoms with Crippen LogP contribution in [0.4, 0.5) is 0 Å². The molecule has 7 nitrogen and oxygen atoms in total. The summed E-state index contributed by atoms with van der Waals surface area (Å²) in [4.78, 5) is 60.5. The molecule has 9 heteroatoms. The number of hydrogen-bond acceptors (Lipinski definition) is 7. The fourth-order valence-corrected chi connectivity index (χ4v) is 3.82. The van der Waals surface area contributed by atoms with Gasteiger partial charge in [-0.25, -0.2) is 4.79 Å². The standard InChI is InChI=1S/C20H14ClNO6S/c1-28-19(26)14(9-10-5-7-11(21)8-6-10)22-18(25)13-4-2-3-12-15(23)16(24)20(27)29-17(12)13/h2-8,14H,9H2,1H3,(H,22,25)/t14-/m0/s1. The Hall–Kier alpha value is -2.97. The summed E-state index contributed by atoms with van der Waals surface area (Å²) < 4.78 is 4.77. The van der Waals surface area contributed by atoms with E-state index in [0.29, 0.717) is 16.8 Å². The fraction of sp³-hybridized carbons (Fsp3) is 0.150. The van der Waals surface area contributed by atoms with Gasteiger partial charge in [-0.05, 0) is 41.6 Å². The van der Waals surface area contributed by atoms with Crippen LogP contribution < -0.4 is 5.32 Å². The number of nitrogens with one attached hydrogen (secondary N) is 1.